The molecule has 2 rings (SSSR count). The molecular formula is C10H16N4O. The van der Waals surface area contributed by atoms with Crippen LogP contribution in [0.25, 0.3) is 0 Å². The fraction of sp³-hybridized carbons (Fsp3) is 0.600. The van der Waals surface area contributed by atoms with Crippen LogP contribution in [0.2, 0.25) is 0 Å². The average Bonchev–Trinajstić information content (AvgIpc) is 2.56. The summed E-state index contributed by atoms with van der Waals surface area (Å²) in [4.78, 5) is 11.7. The van der Waals surface area contributed by atoms with Crippen LogP contribution in [0.5, 0.6) is 0 Å². The Balaban J connectivity index is 1.94. The van der Waals surface area contributed by atoms with E-state index in [1.54, 1.807) is 17.1 Å². The number of hydrogen-bond donors (Lipinski definition) is 2. The lowest BCUT2D eigenvalue weighted by Crippen LogP contribution is -2.42. The third-order valence-electron chi connectivity index (χ3n) is 2.85. The number of nitrogens with two attached hydrogens (primary N) is 1. The summed E-state index contributed by atoms with van der Waals surface area (Å²) in [5.74, 6) is 0.0165. The lowest BCUT2D eigenvalue weighted by atomic mass is 9.93. The molecule has 0 saturated heterocycles. The predicted octanol–water partition coefficient (Wildman–Crippen LogP) is 0.695. The summed E-state index contributed by atoms with van der Waals surface area (Å²) >= 11 is 0. The number of amides is 1. The second-order valence-electron chi connectivity index (χ2n) is 4.07. The molecule has 1 unspecified atom stereocenters. The molecule has 15 heavy (non-hydrogen) atoms. The average molecular weight is 208 g/mol. The molecule has 1 aromatic heterocycles. The highest BCUT2D eigenvalue weighted by atomic mass is 16.2. The van der Waals surface area contributed by atoms with Crippen LogP contribution in [0.3, 0.4) is 0 Å². The van der Waals surface area contributed by atoms with Crippen LogP contribution in [0.4, 0.5) is 5.69 Å². The third-order valence-corrected chi connectivity index (χ3v) is 2.85. The largest absolute Gasteiger partial charge is 0.396 e. The Hall–Kier alpha value is -1.52. The Morgan fingerprint density at radius 1 is 1.73 bits per heavy atom. The zero-order valence-electron chi connectivity index (χ0n) is 8.81. The summed E-state index contributed by atoms with van der Waals surface area (Å²) < 4.78 is 1.59. The van der Waals surface area contributed by atoms with Gasteiger partial charge in [-0.1, -0.05) is 0 Å². The quantitative estimate of drug-likeness (QED) is 0.767. The zero-order valence-corrected chi connectivity index (χ0v) is 8.81. The zero-order chi connectivity index (χ0) is 10.8. The van der Waals surface area contributed by atoms with Gasteiger partial charge in [0.05, 0.1) is 11.9 Å². The second kappa shape index (κ2) is 3.92. The van der Waals surface area contributed by atoms with Crippen molar-refractivity contribution in [1.29, 1.82) is 0 Å². The van der Waals surface area contributed by atoms with Gasteiger partial charge in [-0.3, -0.25) is 9.48 Å². The molecule has 0 bridgehead atoms. The van der Waals surface area contributed by atoms with Crippen LogP contribution in [0.1, 0.15) is 32.2 Å². The maximum Gasteiger partial charge on any atom is 0.244 e. The highest BCUT2D eigenvalue weighted by Crippen LogP contribution is 2.19. The van der Waals surface area contributed by atoms with E-state index < -0.39 is 0 Å². The number of nitrogens with one attached hydrogen (secondary N) is 1. The minimum Gasteiger partial charge on any atom is -0.396 e. The van der Waals surface area contributed by atoms with Crippen LogP contribution < -0.4 is 11.1 Å². The molecule has 1 heterocycles. The highest BCUT2D eigenvalue weighted by molar-refractivity contribution is 5.80. The van der Waals surface area contributed by atoms with E-state index >= 15 is 0 Å². The van der Waals surface area contributed by atoms with E-state index in [0.717, 1.165) is 12.8 Å². The van der Waals surface area contributed by atoms with Crippen LogP contribution in [0.15, 0.2) is 12.4 Å². The van der Waals surface area contributed by atoms with E-state index in [-0.39, 0.29) is 11.9 Å². The van der Waals surface area contributed by atoms with E-state index in [9.17, 15) is 4.79 Å². The van der Waals surface area contributed by atoms with Crippen molar-refractivity contribution >= 4 is 11.6 Å². The van der Waals surface area contributed by atoms with Gasteiger partial charge in [-0.05, 0) is 26.2 Å². The second-order valence-corrected chi connectivity index (χ2v) is 4.07. The molecule has 0 aliphatic heterocycles. The van der Waals surface area contributed by atoms with Crippen molar-refractivity contribution in [3.05, 3.63) is 12.4 Å². The van der Waals surface area contributed by atoms with Gasteiger partial charge in [-0.15, -0.1) is 0 Å². The molecular weight excluding hydrogens is 192 g/mol. The number of nitrogen functional groups attached to an aromatic ring is 1. The van der Waals surface area contributed by atoms with Crippen molar-refractivity contribution in [2.24, 2.45) is 0 Å². The fourth-order valence-electron chi connectivity index (χ4n) is 1.56. The first-order valence-corrected chi connectivity index (χ1v) is 5.27. The number of aromatic nitrogens is 2. The molecule has 5 heteroatoms. The molecule has 1 saturated carbocycles. The van der Waals surface area contributed by atoms with Gasteiger partial charge < -0.3 is 11.1 Å². The van der Waals surface area contributed by atoms with Gasteiger partial charge in [0.25, 0.3) is 0 Å². The van der Waals surface area contributed by atoms with E-state index in [1.807, 2.05) is 6.92 Å². The van der Waals surface area contributed by atoms with Crippen LogP contribution in [0, 0.1) is 0 Å². The van der Waals surface area contributed by atoms with Crippen LogP contribution in [-0.4, -0.2) is 21.7 Å². The van der Waals surface area contributed by atoms with Crippen molar-refractivity contribution in [3.8, 4) is 0 Å². The van der Waals surface area contributed by atoms with Crippen molar-refractivity contribution < 1.29 is 4.79 Å². The van der Waals surface area contributed by atoms with Crippen LogP contribution >= 0.6 is 0 Å². The molecule has 0 radical (unpaired) electrons. The summed E-state index contributed by atoms with van der Waals surface area (Å²) in [6.45, 7) is 1.82. The smallest absolute Gasteiger partial charge is 0.244 e. The summed E-state index contributed by atoms with van der Waals surface area (Å²) in [7, 11) is 0. The molecule has 1 aromatic rings. The van der Waals surface area contributed by atoms with Crippen LogP contribution in [-0.2, 0) is 4.79 Å². The molecule has 1 atom stereocenters. The number of carbonyl (C=O) groups excluding carboxylic acids is 1. The van der Waals surface area contributed by atoms with E-state index in [0.29, 0.717) is 11.7 Å². The standard InChI is InChI=1S/C10H16N4O/c1-7(14-6-8(11)5-12-14)10(15)13-9-3-2-4-9/h5-7,9H,2-4,11H2,1H3,(H,13,15). The predicted molar refractivity (Wildman–Crippen MR) is 57.1 cm³/mol. The molecule has 3 N–H and O–H groups in total. The first-order chi connectivity index (χ1) is 7.16. The van der Waals surface area contributed by atoms with Gasteiger partial charge in [-0.25, -0.2) is 0 Å². The molecule has 0 spiro atoms. The minimum absolute atomic E-state index is 0.0165. The summed E-state index contributed by atoms with van der Waals surface area (Å²) in [5, 5.41) is 7.00. The first-order valence-electron chi connectivity index (χ1n) is 5.27. The number of rotatable bonds is 3. The molecule has 5 nitrogen and oxygen atoms in total. The Labute approximate surface area is 88.6 Å². The van der Waals surface area contributed by atoms with E-state index in [1.165, 1.54) is 6.42 Å². The lowest BCUT2D eigenvalue weighted by Gasteiger charge is -2.27. The Morgan fingerprint density at radius 2 is 2.47 bits per heavy atom. The van der Waals surface area contributed by atoms with Crippen molar-refractivity contribution in [1.82, 2.24) is 15.1 Å². The topological polar surface area (TPSA) is 72.9 Å². The van der Waals surface area contributed by atoms with Crippen molar-refractivity contribution in [2.75, 3.05) is 5.73 Å². The number of hydrogen-bond acceptors (Lipinski definition) is 3. The minimum atomic E-state index is -0.289. The fourth-order valence-corrected chi connectivity index (χ4v) is 1.56. The molecule has 1 amide bonds. The van der Waals surface area contributed by atoms with Crippen molar-refractivity contribution in [3.63, 3.8) is 0 Å². The summed E-state index contributed by atoms with van der Waals surface area (Å²) in [6, 6.07) is 0.0794. The number of anilines is 1. The van der Waals surface area contributed by atoms with Gasteiger partial charge >= 0.3 is 0 Å². The maximum absolute atomic E-state index is 11.7. The molecule has 0 aromatic carbocycles. The van der Waals surface area contributed by atoms with Gasteiger partial charge in [0, 0.05) is 12.2 Å². The lowest BCUT2D eigenvalue weighted by molar-refractivity contribution is -0.125. The SMILES string of the molecule is CC(C(=O)NC1CCC1)n1cc(N)cn1. The maximum atomic E-state index is 11.7. The molecule has 1 aliphatic rings. The highest BCUT2D eigenvalue weighted by Gasteiger charge is 2.23. The monoisotopic (exact) mass is 208 g/mol. The summed E-state index contributed by atoms with van der Waals surface area (Å²) in [6.07, 6.45) is 6.63. The molecule has 82 valence electrons. The van der Waals surface area contributed by atoms with Crippen molar-refractivity contribution in [2.45, 2.75) is 38.3 Å². The number of carbonyl (C=O) groups is 1. The van der Waals surface area contributed by atoms with Gasteiger partial charge in [0.15, 0.2) is 0 Å². The Morgan fingerprint density at radius 3 is 2.93 bits per heavy atom. The summed E-state index contributed by atoms with van der Waals surface area (Å²) in [5.41, 5.74) is 6.12. The molecule has 1 fully saturated rings. The number of nitrogens with zero attached hydrogens (tertiary/aromatic N) is 2. The third kappa shape index (κ3) is 2.11. The first kappa shape index (κ1) is 10.0. The Kier molecular flexibility index (Phi) is 2.62. The van der Waals surface area contributed by atoms with E-state index in [4.69, 9.17) is 5.73 Å². The normalized spacial score (nSPS) is 18.2. The van der Waals surface area contributed by atoms with E-state index in [2.05, 4.69) is 10.4 Å². The van der Waals surface area contributed by atoms with Gasteiger partial charge in [-0.2, -0.15) is 5.10 Å². The van der Waals surface area contributed by atoms with Gasteiger partial charge in [0.1, 0.15) is 6.04 Å². The Bertz CT molecular complexity index is 356. The van der Waals surface area contributed by atoms with Gasteiger partial charge in [0.2, 0.25) is 5.91 Å². The molecule has 1 aliphatic carbocycles.